The van der Waals surface area contributed by atoms with Gasteiger partial charge >= 0.3 is 0 Å². The molecule has 1 heteroatoms. The molecule has 0 saturated carbocycles. The molecule has 0 aromatic carbocycles. The second-order valence-electron chi connectivity index (χ2n) is 1.47. The van der Waals surface area contributed by atoms with Crippen LogP contribution in [-0.4, -0.2) is 13.2 Å². The van der Waals surface area contributed by atoms with Crippen molar-refractivity contribution in [1.29, 1.82) is 0 Å². The summed E-state index contributed by atoms with van der Waals surface area (Å²) in [6.07, 6.45) is 2.00. The van der Waals surface area contributed by atoms with E-state index in [0.717, 1.165) is 26.1 Å². The average Bonchev–Trinajstić information content (AvgIpc) is 1.69. The molecule has 0 bridgehead atoms. The normalized spacial score (nSPS) is 9.43. The SMILES string of the molecule is [CH2]CCOCCC. The van der Waals surface area contributed by atoms with Crippen LogP contribution in [0.15, 0.2) is 0 Å². The summed E-state index contributed by atoms with van der Waals surface area (Å²) in [6.45, 7) is 7.43. The maximum absolute atomic E-state index is 5.07. The van der Waals surface area contributed by atoms with Crippen molar-refractivity contribution in [3.63, 3.8) is 0 Å². The lowest BCUT2D eigenvalue weighted by molar-refractivity contribution is 0.139. The van der Waals surface area contributed by atoms with Gasteiger partial charge in [-0.2, -0.15) is 0 Å². The van der Waals surface area contributed by atoms with Crippen LogP contribution in [0.1, 0.15) is 19.8 Å². The molecule has 0 N–H and O–H groups in total. The Morgan fingerprint density at radius 1 is 1.43 bits per heavy atom. The van der Waals surface area contributed by atoms with Crippen LogP contribution in [0.4, 0.5) is 0 Å². The predicted octanol–water partition coefficient (Wildman–Crippen LogP) is 1.64. The monoisotopic (exact) mass is 101 g/mol. The van der Waals surface area contributed by atoms with Crippen LogP contribution in [0.25, 0.3) is 0 Å². The Balaban J connectivity index is 2.45. The van der Waals surface area contributed by atoms with Gasteiger partial charge in [-0.15, -0.1) is 0 Å². The van der Waals surface area contributed by atoms with Crippen molar-refractivity contribution >= 4 is 0 Å². The first-order chi connectivity index (χ1) is 3.41. The first-order valence-corrected chi connectivity index (χ1v) is 2.78. The molecular weight excluding hydrogens is 88.1 g/mol. The van der Waals surface area contributed by atoms with E-state index in [2.05, 4.69) is 13.8 Å². The van der Waals surface area contributed by atoms with Crippen LogP contribution in [0.5, 0.6) is 0 Å². The third-order valence-electron chi connectivity index (χ3n) is 0.637. The van der Waals surface area contributed by atoms with Crippen molar-refractivity contribution in [2.75, 3.05) is 13.2 Å². The average molecular weight is 101 g/mol. The lowest BCUT2D eigenvalue weighted by Gasteiger charge is -1.95. The fourth-order valence-corrected chi connectivity index (χ4v) is 0.348. The molecule has 0 fully saturated rings. The minimum Gasteiger partial charge on any atom is -0.381 e. The van der Waals surface area contributed by atoms with Crippen molar-refractivity contribution in [2.24, 2.45) is 0 Å². The largest absolute Gasteiger partial charge is 0.381 e. The van der Waals surface area contributed by atoms with Crippen LogP contribution in [0.2, 0.25) is 0 Å². The quantitative estimate of drug-likeness (QED) is 0.489. The van der Waals surface area contributed by atoms with Gasteiger partial charge in [0.15, 0.2) is 0 Å². The number of hydrogen-bond donors (Lipinski definition) is 0. The number of ether oxygens (including phenoxy) is 1. The topological polar surface area (TPSA) is 9.23 Å². The van der Waals surface area contributed by atoms with E-state index in [1.165, 1.54) is 0 Å². The van der Waals surface area contributed by atoms with Gasteiger partial charge in [0, 0.05) is 13.2 Å². The van der Waals surface area contributed by atoms with Gasteiger partial charge < -0.3 is 4.74 Å². The van der Waals surface area contributed by atoms with Crippen molar-refractivity contribution in [2.45, 2.75) is 19.8 Å². The van der Waals surface area contributed by atoms with E-state index >= 15 is 0 Å². The molecule has 0 aromatic heterocycles. The van der Waals surface area contributed by atoms with Crippen LogP contribution >= 0.6 is 0 Å². The van der Waals surface area contributed by atoms with Gasteiger partial charge in [0.05, 0.1) is 0 Å². The Morgan fingerprint density at radius 2 is 2.14 bits per heavy atom. The summed E-state index contributed by atoms with van der Waals surface area (Å²) in [5.74, 6) is 0. The highest BCUT2D eigenvalue weighted by Crippen LogP contribution is 1.81. The Kier molecular flexibility index (Phi) is 5.93. The second-order valence-corrected chi connectivity index (χ2v) is 1.47. The zero-order chi connectivity index (χ0) is 5.54. The third-order valence-corrected chi connectivity index (χ3v) is 0.637. The highest BCUT2D eigenvalue weighted by Gasteiger charge is 1.78. The van der Waals surface area contributed by atoms with Crippen LogP contribution in [-0.2, 0) is 4.74 Å². The maximum atomic E-state index is 5.07. The highest BCUT2D eigenvalue weighted by molar-refractivity contribution is 4.34. The van der Waals surface area contributed by atoms with E-state index < -0.39 is 0 Å². The molecule has 0 rings (SSSR count). The minimum absolute atomic E-state index is 0.813. The maximum Gasteiger partial charge on any atom is 0.0466 e. The molecule has 0 spiro atoms. The molecule has 0 aromatic rings. The molecule has 0 aliphatic carbocycles. The standard InChI is InChI=1S/C6H13O/c1-3-5-7-6-4-2/h1,3-6H2,2H3. The number of hydrogen-bond acceptors (Lipinski definition) is 1. The van der Waals surface area contributed by atoms with E-state index in [-0.39, 0.29) is 0 Å². The summed E-state index contributed by atoms with van der Waals surface area (Å²) in [7, 11) is 0. The third kappa shape index (κ3) is 5.96. The van der Waals surface area contributed by atoms with E-state index in [4.69, 9.17) is 4.74 Å². The molecule has 1 nitrogen and oxygen atoms in total. The first kappa shape index (κ1) is 6.96. The zero-order valence-electron chi connectivity index (χ0n) is 4.94. The molecule has 0 saturated heterocycles. The van der Waals surface area contributed by atoms with Gasteiger partial charge in [0.25, 0.3) is 0 Å². The zero-order valence-corrected chi connectivity index (χ0v) is 4.94. The second kappa shape index (κ2) is 5.96. The van der Waals surface area contributed by atoms with Crippen molar-refractivity contribution in [3.8, 4) is 0 Å². The van der Waals surface area contributed by atoms with Crippen LogP contribution < -0.4 is 0 Å². The summed E-state index contributed by atoms with van der Waals surface area (Å²) in [6, 6.07) is 0. The predicted molar refractivity (Wildman–Crippen MR) is 31.1 cm³/mol. The Bertz CT molecular complexity index is 23.4. The van der Waals surface area contributed by atoms with Gasteiger partial charge in [-0.05, 0) is 12.8 Å². The molecule has 0 heterocycles. The first-order valence-electron chi connectivity index (χ1n) is 2.78. The molecule has 0 aliphatic rings. The fraction of sp³-hybridized carbons (Fsp3) is 0.833. The summed E-state index contributed by atoms with van der Waals surface area (Å²) in [4.78, 5) is 0. The molecule has 7 heavy (non-hydrogen) atoms. The highest BCUT2D eigenvalue weighted by atomic mass is 16.5. The Morgan fingerprint density at radius 3 is 2.57 bits per heavy atom. The molecule has 1 radical (unpaired) electrons. The molecule has 0 aliphatic heterocycles. The summed E-state index contributed by atoms with van der Waals surface area (Å²) in [5.41, 5.74) is 0. The molecular formula is C6H13O. The van der Waals surface area contributed by atoms with Gasteiger partial charge in [-0.3, -0.25) is 0 Å². The lowest BCUT2D eigenvalue weighted by Crippen LogP contribution is -1.92. The van der Waals surface area contributed by atoms with Gasteiger partial charge in [-0.1, -0.05) is 13.8 Å². The number of rotatable bonds is 4. The van der Waals surface area contributed by atoms with Crippen molar-refractivity contribution in [3.05, 3.63) is 6.92 Å². The van der Waals surface area contributed by atoms with Gasteiger partial charge in [-0.25, -0.2) is 0 Å². The van der Waals surface area contributed by atoms with Crippen LogP contribution in [0.3, 0.4) is 0 Å². The van der Waals surface area contributed by atoms with E-state index in [0.29, 0.717) is 0 Å². The summed E-state index contributed by atoms with van der Waals surface area (Å²) in [5, 5.41) is 0. The lowest BCUT2D eigenvalue weighted by atomic mass is 10.5. The van der Waals surface area contributed by atoms with E-state index in [1.807, 2.05) is 0 Å². The Labute approximate surface area is 45.7 Å². The van der Waals surface area contributed by atoms with Crippen molar-refractivity contribution < 1.29 is 4.74 Å². The molecule has 43 valence electrons. The summed E-state index contributed by atoms with van der Waals surface area (Å²) < 4.78 is 5.07. The van der Waals surface area contributed by atoms with Crippen LogP contribution in [0, 0.1) is 6.92 Å². The molecule has 0 amide bonds. The minimum atomic E-state index is 0.813. The molecule has 0 atom stereocenters. The van der Waals surface area contributed by atoms with Gasteiger partial charge in [0.1, 0.15) is 0 Å². The smallest absolute Gasteiger partial charge is 0.0466 e. The summed E-state index contributed by atoms with van der Waals surface area (Å²) >= 11 is 0. The molecule has 0 unspecified atom stereocenters. The van der Waals surface area contributed by atoms with E-state index in [1.54, 1.807) is 0 Å². The fourth-order valence-electron chi connectivity index (χ4n) is 0.348. The van der Waals surface area contributed by atoms with Crippen molar-refractivity contribution in [1.82, 2.24) is 0 Å². The van der Waals surface area contributed by atoms with Gasteiger partial charge in [0.2, 0.25) is 0 Å². The van der Waals surface area contributed by atoms with E-state index in [9.17, 15) is 0 Å². The Hall–Kier alpha value is -0.0400.